The van der Waals surface area contributed by atoms with E-state index in [4.69, 9.17) is 25.8 Å². The molecular weight excluding hydrogens is 294 g/mol. The molecule has 1 atom stereocenters. The van der Waals surface area contributed by atoms with E-state index < -0.39 is 0 Å². The number of nitrogens with zero attached hydrogens (tertiary/aromatic N) is 1. The van der Waals surface area contributed by atoms with Gasteiger partial charge in [0.15, 0.2) is 11.5 Å². The average molecular weight is 312 g/mol. The van der Waals surface area contributed by atoms with E-state index in [9.17, 15) is 4.79 Å². The van der Waals surface area contributed by atoms with Crippen LogP contribution in [0.2, 0.25) is 5.02 Å². The van der Waals surface area contributed by atoms with E-state index in [-0.39, 0.29) is 18.8 Å². The molecule has 1 fully saturated rings. The zero-order chi connectivity index (χ0) is 14.8. The van der Waals surface area contributed by atoms with Crippen LogP contribution >= 0.6 is 11.6 Å². The van der Waals surface area contributed by atoms with Crippen LogP contribution in [0.5, 0.6) is 11.5 Å². The summed E-state index contributed by atoms with van der Waals surface area (Å²) in [5.41, 5.74) is 1.01. The van der Waals surface area contributed by atoms with Crippen LogP contribution in [0.4, 0.5) is 0 Å². The second-order valence-electron chi connectivity index (χ2n) is 5.19. The lowest BCUT2D eigenvalue weighted by Crippen LogP contribution is -2.36. The molecule has 0 radical (unpaired) electrons. The summed E-state index contributed by atoms with van der Waals surface area (Å²) in [6.07, 6.45) is 1.85. The number of carbonyl (C=O) groups is 1. The molecule has 1 aromatic carbocycles. The summed E-state index contributed by atoms with van der Waals surface area (Å²) in [4.78, 5) is 14.1. The Balaban J connectivity index is 1.74. The van der Waals surface area contributed by atoms with Crippen molar-refractivity contribution in [1.29, 1.82) is 0 Å². The van der Waals surface area contributed by atoms with Gasteiger partial charge in [0.2, 0.25) is 6.79 Å². The minimum Gasteiger partial charge on any atom is -0.465 e. The second kappa shape index (κ2) is 6.12. The summed E-state index contributed by atoms with van der Waals surface area (Å²) >= 11 is 6.19. The molecule has 2 heterocycles. The fraction of sp³-hybridized carbons (Fsp3) is 0.533. The second-order valence-corrected chi connectivity index (χ2v) is 5.60. The van der Waals surface area contributed by atoms with Crippen LogP contribution in [-0.4, -0.2) is 36.9 Å². The molecule has 0 saturated carbocycles. The minimum atomic E-state index is -0.158. The molecule has 3 rings (SSSR count). The molecule has 0 spiro atoms. The molecule has 0 aromatic heterocycles. The first-order valence-corrected chi connectivity index (χ1v) is 7.55. The lowest BCUT2D eigenvalue weighted by Gasteiger charge is -2.23. The average Bonchev–Trinajstić information content (AvgIpc) is 3.08. The Morgan fingerprint density at radius 3 is 3.14 bits per heavy atom. The molecule has 2 aliphatic heterocycles. The van der Waals surface area contributed by atoms with Gasteiger partial charge in [-0.05, 0) is 44.0 Å². The topological polar surface area (TPSA) is 48.0 Å². The van der Waals surface area contributed by atoms with Crippen LogP contribution in [0, 0.1) is 0 Å². The Labute approximate surface area is 128 Å². The number of esters is 1. The third kappa shape index (κ3) is 2.94. The quantitative estimate of drug-likeness (QED) is 0.800. The Morgan fingerprint density at radius 1 is 1.48 bits per heavy atom. The molecule has 2 aliphatic rings. The largest absolute Gasteiger partial charge is 0.465 e. The molecule has 6 heteroatoms. The third-order valence-corrected chi connectivity index (χ3v) is 4.08. The van der Waals surface area contributed by atoms with Crippen molar-refractivity contribution in [3.63, 3.8) is 0 Å². The molecule has 0 amide bonds. The van der Waals surface area contributed by atoms with E-state index in [0.717, 1.165) is 24.9 Å². The lowest BCUT2D eigenvalue weighted by molar-refractivity contribution is -0.148. The normalized spacial score (nSPS) is 20.8. The van der Waals surface area contributed by atoms with E-state index in [2.05, 4.69) is 4.90 Å². The Bertz CT molecular complexity index is 549. The SMILES string of the molecule is CCOC(=O)C1CCCN1Cc1cc(Cl)c2c(c1)OCO2. The van der Waals surface area contributed by atoms with Gasteiger partial charge in [-0.2, -0.15) is 0 Å². The van der Waals surface area contributed by atoms with Crippen molar-refractivity contribution < 1.29 is 19.0 Å². The third-order valence-electron chi connectivity index (χ3n) is 3.80. The predicted molar refractivity (Wildman–Crippen MR) is 77.6 cm³/mol. The summed E-state index contributed by atoms with van der Waals surface area (Å²) in [7, 11) is 0. The molecule has 114 valence electrons. The maximum absolute atomic E-state index is 12.0. The number of rotatable bonds is 4. The van der Waals surface area contributed by atoms with Crippen molar-refractivity contribution in [2.24, 2.45) is 0 Å². The highest BCUT2D eigenvalue weighted by atomic mass is 35.5. The minimum absolute atomic E-state index is 0.137. The summed E-state index contributed by atoms with van der Waals surface area (Å²) in [5.74, 6) is 1.13. The highest BCUT2D eigenvalue weighted by Gasteiger charge is 2.32. The van der Waals surface area contributed by atoms with E-state index in [1.807, 2.05) is 19.1 Å². The van der Waals surface area contributed by atoms with Gasteiger partial charge >= 0.3 is 5.97 Å². The molecule has 1 saturated heterocycles. The van der Waals surface area contributed by atoms with Gasteiger partial charge in [0.25, 0.3) is 0 Å². The molecule has 0 N–H and O–H groups in total. The van der Waals surface area contributed by atoms with Crippen molar-refractivity contribution in [2.45, 2.75) is 32.4 Å². The fourth-order valence-electron chi connectivity index (χ4n) is 2.87. The summed E-state index contributed by atoms with van der Waals surface area (Å²) in [6.45, 7) is 3.98. The van der Waals surface area contributed by atoms with Gasteiger partial charge in [0.05, 0.1) is 11.6 Å². The van der Waals surface area contributed by atoms with Crippen molar-refractivity contribution in [3.05, 3.63) is 22.7 Å². The van der Waals surface area contributed by atoms with Gasteiger partial charge in [0.1, 0.15) is 6.04 Å². The first-order valence-electron chi connectivity index (χ1n) is 7.17. The van der Waals surface area contributed by atoms with E-state index in [1.54, 1.807) is 0 Å². The monoisotopic (exact) mass is 311 g/mol. The Hall–Kier alpha value is -1.46. The van der Waals surface area contributed by atoms with Crippen molar-refractivity contribution in [2.75, 3.05) is 19.9 Å². The van der Waals surface area contributed by atoms with Crippen LogP contribution in [0.15, 0.2) is 12.1 Å². The fourth-order valence-corrected chi connectivity index (χ4v) is 3.16. The smallest absolute Gasteiger partial charge is 0.323 e. The van der Waals surface area contributed by atoms with Crippen molar-refractivity contribution >= 4 is 17.6 Å². The van der Waals surface area contributed by atoms with Gasteiger partial charge in [-0.3, -0.25) is 9.69 Å². The van der Waals surface area contributed by atoms with Crippen LogP contribution in [0.1, 0.15) is 25.3 Å². The van der Waals surface area contributed by atoms with Crippen LogP contribution < -0.4 is 9.47 Å². The molecule has 0 aliphatic carbocycles. The van der Waals surface area contributed by atoms with E-state index in [1.165, 1.54) is 0 Å². The molecule has 0 bridgehead atoms. The molecule has 1 aromatic rings. The molecular formula is C15H18ClNO4. The molecule has 5 nitrogen and oxygen atoms in total. The van der Waals surface area contributed by atoms with Gasteiger partial charge in [0, 0.05) is 6.54 Å². The van der Waals surface area contributed by atoms with Crippen LogP contribution in [0.3, 0.4) is 0 Å². The van der Waals surface area contributed by atoms with E-state index >= 15 is 0 Å². The Kier molecular flexibility index (Phi) is 4.22. The Morgan fingerprint density at radius 2 is 2.33 bits per heavy atom. The summed E-state index contributed by atoms with van der Waals surface area (Å²) in [5, 5.41) is 0.548. The predicted octanol–water partition coefficient (Wildman–Crippen LogP) is 2.60. The van der Waals surface area contributed by atoms with E-state index in [0.29, 0.717) is 29.7 Å². The van der Waals surface area contributed by atoms with Gasteiger partial charge in [-0.25, -0.2) is 0 Å². The van der Waals surface area contributed by atoms with Gasteiger partial charge < -0.3 is 14.2 Å². The standard InChI is InChI=1S/C15H18ClNO4/c1-2-19-15(18)12-4-3-5-17(12)8-10-6-11(16)14-13(7-10)20-9-21-14/h6-7,12H,2-5,8-9H2,1H3. The number of hydrogen-bond acceptors (Lipinski definition) is 5. The number of carbonyl (C=O) groups excluding carboxylic acids is 1. The first-order chi connectivity index (χ1) is 10.2. The maximum atomic E-state index is 12.0. The number of hydrogen-bond donors (Lipinski definition) is 0. The zero-order valence-electron chi connectivity index (χ0n) is 11.9. The zero-order valence-corrected chi connectivity index (χ0v) is 12.7. The van der Waals surface area contributed by atoms with Crippen LogP contribution in [-0.2, 0) is 16.1 Å². The number of likely N-dealkylation sites (tertiary alicyclic amines) is 1. The van der Waals surface area contributed by atoms with Crippen LogP contribution in [0.25, 0.3) is 0 Å². The first kappa shape index (κ1) is 14.5. The highest BCUT2D eigenvalue weighted by Crippen LogP contribution is 2.40. The highest BCUT2D eigenvalue weighted by molar-refractivity contribution is 6.32. The summed E-state index contributed by atoms with van der Waals surface area (Å²) in [6, 6.07) is 3.64. The number of fused-ring (bicyclic) bond motifs is 1. The number of halogens is 1. The lowest BCUT2D eigenvalue weighted by atomic mass is 10.1. The van der Waals surface area contributed by atoms with Gasteiger partial charge in [-0.1, -0.05) is 11.6 Å². The maximum Gasteiger partial charge on any atom is 0.323 e. The van der Waals surface area contributed by atoms with Crippen molar-refractivity contribution in [1.82, 2.24) is 4.90 Å². The van der Waals surface area contributed by atoms with Gasteiger partial charge in [-0.15, -0.1) is 0 Å². The van der Waals surface area contributed by atoms with Crippen molar-refractivity contribution in [3.8, 4) is 11.5 Å². The number of benzene rings is 1. The molecule has 1 unspecified atom stereocenters. The molecule has 21 heavy (non-hydrogen) atoms. The summed E-state index contributed by atoms with van der Waals surface area (Å²) < 4.78 is 15.8. The number of ether oxygens (including phenoxy) is 3.